The van der Waals surface area contributed by atoms with E-state index in [1.807, 2.05) is 19.4 Å². The Morgan fingerprint density at radius 1 is 0.167 bits per heavy atom. The van der Waals surface area contributed by atoms with Gasteiger partial charge in [-0.1, -0.05) is 380 Å². The van der Waals surface area contributed by atoms with Gasteiger partial charge in [0, 0.05) is 0 Å². The molecule has 0 fully saturated rings. The first-order valence-corrected chi connectivity index (χ1v) is 53.8. The van der Waals surface area contributed by atoms with Crippen LogP contribution in [-0.4, -0.2) is 14.1 Å². The van der Waals surface area contributed by atoms with Gasteiger partial charge in [-0.2, -0.15) is 0 Å². The number of halogens is 5. The minimum atomic E-state index is -0.584. The molecule has 126 heavy (non-hydrogen) atoms. The summed E-state index contributed by atoms with van der Waals surface area (Å²) in [6.07, 6.45) is 0. The van der Waals surface area contributed by atoms with Gasteiger partial charge in [-0.15, -0.1) is 12.4 Å². The van der Waals surface area contributed by atoms with Crippen molar-refractivity contribution < 1.29 is 35.6 Å². The Kier molecular flexibility index (Phi) is 53.1. The third kappa shape index (κ3) is 33.4. The zero-order chi connectivity index (χ0) is 84.0. The molecule has 0 heterocycles. The van der Waals surface area contributed by atoms with E-state index in [1.54, 1.807) is 0 Å². The normalized spacial score (nSPS) is 10.2. The van der Waals surface area contributed by atoms with Crippen molar-refractivity contribution in [3.05, 3.63) is 464 Å². The summed E-state index contributed by atoms with van der Waals surface area (Å²) < 4.78 is 0. The molecular weight excluding hydrogens is 1890 g/mol. The average Bonchev–Trinajstić information content (AvgIpc) is 0.799. The molecule has 0 unspecified atom stereocenters. The summed E-state index contributed by atoms with van der Waals surface area (Å²) in [5.74, 6) is 0. The van der Waals surface area contributed by atoms with Crippen LogP contribution in [0.5, 0.6) is 0 Å². The van der Waals surface area contributed by atoms with E-state index < -0.39 is 31.7 Å². The summed E-state index contributed by atoms with van der Waals surface area (Å²) in [5, 5.41) is 29.6. The third-order valence-corrected chi connectivity index (χ3v) is 29.1. The summed E-state index contributed by atoms with van der Waals surface area (Å²) >= 11 is -0.691. The summed E-state index contributed by atoms with van der Waals surface area (Å²) in [7, 11) is 21.1. The minimum absolute atomic E-state index is 0. The van der Waals surface area contributed by atoms with E-state index in [2.05, 4.69) is 426 Å². The van der Waals surface area contributed by atoms with Crippen molar-refractivity contribution in [3.63, 3.8) is 0 Å². The average molecular weight is 2020 g/mol. The molecule has 0 saturated heterocycles. The molecular formula is C114H133Cl5NP4Ru2-7. The molecule has 0 aromatic heterocycles. The standard InChI is InChI=1S/4C26H25P.C2H7N.8CH3.5ClH.2Ru/c4*1-18-11-19(2)14-25(13-18)27(26-15-20(3)12-21(4)16-26)24-10-9-22-7-5-6-8-23(22)17-24;1-3-2;;;;;;;;;;;;;;;/h4*5-17H,1-4H3;3H,1-2H3;8*1H3;5*1H;;/q;;;;;8*-1;;;;;;2*+2/p-3. The molecule has 0 amide bonds. The number of hydrogen-bond acceptors (Lipinski definition) is 0. The van der Waals surface area contributed by atoms with Crippen LogP contribution >= 0.6 is 82.9 Å². The Hall–Kier alpha value is -7.06. The van der Waals surface area contributed by atoms with Gasteiger partial charge in [0.25, 0.3) is 0 Å². The van der Waals surface area contributed by atoms with Crippen molar-refractivity contribution in [2.75, 3.05) is 14.1 Å². The second-order valence-corrected chi connectivity index (χ2v) is 45.1. The van der Waals surface area contributed by atoms with Crippen molar-refractivity contribution in [2.24, 2.45) is 0 Å². The monoisotopic (exact) mass is 2020 g/mol. The fourth-order valence-electron chi connectivity index (χ4n) is 15.7. The third-order valence-electron chi connectivity index (χ3n) is 19.7. The fraction of sp³-hybridized carbons (Fsp3) is 0.158. The Morgan fingerprint density at radius 2 is 0.270 bits per heavy atom. The van der Waals surface area contributed by atoms with Crippen molar-refractivity contribution in [2.45, 2.75) is 111 Å². The second-order valence-electron chi connectivity index (χ2n) is 30.9. The maximum absolute atomic E-state index is 4.85. The van der Waals surface area contributed by atoms with Gasteiger partial charge in [0.05, 0.1) is 14.1 Å². The summed E-state index contributed by atoms with van der Waals surface area (Å²) in [6, 6.07) is 118. The van der Waals surface area contributed by atoms with Gasteiger partial charge >= 0.3 is 69.1 Å². The molecule has 0 saturated carbocycles. The zero-order valence-electron chi connectivity index (χ0n) is 79.0. The maximum atomic E-state index is 4.85. The molecule has 12 heteroatoms. The van der Waals surface area contributed by atoms with E-state index >= 15 is 0 Å². The number of quaternary nitrogens is 1. The molecule has 1 nitrogen and oxygen atoms in total. The number of aryl methyl sites for hydroxylation is 16. The Bertz CT molecular complexity index is 4970. The van der Waals surface area contributed by atoms with Gasteiger partial charge < -0.3 is 64.7 Å². The second kappa shape index (κ2) is 57.2. The molecule has 2 N–H and O–H groups in total. The van der Waals surface area contributed by atoms with Crippen molar-refractivity contribution in [3.8, 4) is 0 Å². The van der Waals surface area contributed by atoms with Crippen LogP contribution in [0.3, 0.4) is 0 Å². The molecule has 672 valence electrons. The van der Waals surface area contributed by atoms with Gasteiger partial charge in [-0.3, -0.25) is 0 Å². The van der Waals surface area contributed by atoms with E-state index in [0.717, 1.165) is 0 Å². The molecule has 0 aliphatic heterocycles. The van der Waals surface area contributed by atoms with E-state index in [-0.39, 0.29) is 102 Å². The van der Waals surface area contributed by atoms with Crippen LogP contribution in [0.1, 0.15) is 89.0 Å². The number of nitrogens with two attached hydrogens (primary N) is 1. The van der Waals surface area contributed by atoms with Crippen LogP contribution in [0.4, 0.5) is 0 Å². The van der Waals surface area contributed by atoms with Crippen LogP contribution in [0, 0.1) is 170 Å². The molecule has 16 aromatic carbocycles. The first kappa shape index (κ1) is 117. The van der Waals surface area contributed by atoms with E-state index in [4.69, 9.17) is 38.8 Å². The summed E-state index contributed by atoms with van der Waals surface area (Å²) in [4.78, 5) is 0. The van der Waals surface area contributed by atoms with Crippen LogP contribution < -0.4 is 69.0 Å². The molecule has 0 bridgehead atoms. The molecule has 0 radical (unpaired) electrons. The number of benzene rings is 16. The quantitative estimate of drug-likeness (QED) is 0.0713. The Balaban J connectivity index is 0.000000794. The van der Waals surface area contributed by atoms with Gasteiger partial charge in [0.2, 0.25) is 0 Å². The van der Waals surface area contributed by atoms with Gasteiger partial charge in [-0.05, 0) is 273 Å². The summed E-state index contributed by atoms with van der Waals surface area (Å²) in [6.45, 7) is 35.2. The topological polar surface area (TPSA) is 16.6 Å². The number of rotatable bonds is 12. The molecule has 0 aliphatic carbocycles. The number of fused-ring (bicyclic) bond motifs is 4. The van der Waals surface area contributed by atoms with Crippen molar-refractivity contribution >= 4 is 190 Å². The fourth-order valence-corrected chi connectivity index (χ4v) is 26.6. The molecule has 0 spiro atoms. The predicted octanol–water partition coefficient (Wildman–Crippen LogP) is 28.9. The van der Waals surface area contributed by atoms with Crippen LogP contribution in [-0.2, 0) is 30.3 Å². The van der Waals surface area contributed by atoms with E-state index in [1.165, 1.54) is 196 Å². The van der Waals surface area contributed by atoms with Crippen LogP contribution in [0.15, 0.2) is 315 Å². The molecule has 0 atom stereocenters. The molecule has 16 aromatic rings. The zero-order valence-corrected chi connectivity index (χ0v) is 89.9. The molecule has 16 rings (SSSR count). The first-order valence-electron chi connectivity index (χ1n) is 39.5. The van der Waals surface area contributed by atoms with E-state index in [0.29, 0.717) is 0 Å². The van der Waals surface area contributed by atoms with E-state index in [9.17, 15) is 0 Å². The molecule has 0 aliphatic rings. The van der Waals surface area contributed by atoms with Gasteiger partial charge in [0.1, 0.15) is 0 Å². The van der Waals surface area contributed by atoms with Gasteiger partial charge in [0.15, 0.2) is 0 Å². The predicted molar refractivity (Wildman–Crippen MR) is 582 cm³/mol. The number of hydrogen-bond donors (Lipinski definition) is 1. The SMILES string of the molecule is C[NH2+]C.Cc1cc(C)cc(P(c2cc(C)cc(C)c2)c2ccc3ccccc3c2)c1.Cc1cc(C)cc(P(c2cc(C)cc(C)c2)c2ccc3ccccc3c2)c1.Cc1cc(C)cc(P(c2cc(C)cc(C)c2)c2ccc3ccccc3c2)c1.Cc1cc(C)cc(P(c2cc(C)cc(C)c2)c2ccc3ccccc3c2)c1.Cl.[CH3-].[CH3-].[CH3-].[CH3-].[CH3-].[CH3-].[CH3-].[CH3-].[Cl][Ru][Cl].[Cl][Ru][Cl]. The van der Waals surface area contributed by atoms with Gasteiger partial charge in [-0.25, -0.2) is 0 Å². The van der Waals surface area contributed by atoms with Crippen molar-refractivity contribution in [1.29, 1.82) is 0 Å². The van der Waals surface area contributed by atoms with Crippen LogP contribution in [0.2, 0.25) is 0 Å². The first-order chi connectivity index (χ1) is 56.2. The van der Waals surface area contributed by atoms with Crippen molar-refractivity contribution in [1.82, 2.24) is 0 Å². The Morgan fingerprint density at radius 3 is 0.381 bits per heavy atom. The Labute approximate surface area is 806 Å². The van der Waals surface area contributed by atoms with Crippen LogP contribution in [0.25, 0.3) is 43.1 Å². The summed E-state index contributed by atoms with van der Waals surface area (Å²) in [5.41, 5.74) is 21.4.